The van der Waals surface area contributed by atoms with Crippen LogP contribution in [0.3, 0.4) is 0 Å². The molecule has 2 heteroatoms. The van der Waals surface area contributed by atoms with E-state index in [1.165, 1.54) is 64.5 Å². The predicted molar refractivity (Wildman–Crippen MR) is 62.9 cm³/mol. The highest BCUT2D eigenvalue weighted by molar-refractivity contribution is 4.83. The zero-order chi connectivity index (χ0) is 10.5. The summed E-state index contributed by atoms with van der Waals surface area (Å²) in [5, 5.41) is 10.0. The number of hydrogen-bond donors (Lipinski definition) is 1. The summed E-state index contributed by atoms with van der Waals surface area (Å²) < 4.78 is 0. The largest absolute Gasteiger partial charge is 0.391 e. The van der Waals surface area contributed by atoms with E-state index in [0.29, 0.717) is 6.04 Å². The molecule has 0 aromatic rings. The Kier molecular flexibility index (Phi) is 4.45. The van der Waals surface area contributed by atoms with Crippen LogP contribution in [-0.2, 0) is 0 Å². The van der Waals surface area contributed by atoms with E-state index in [1.54, 1.807) is 0 Å². The van der Waals surface area contributed by atoms with Crippen LogP contribution in [0.2, 0.25) is 0 Å². The number of aliphatic hydroxyl groups excluding tert-OH is 1. The van der Waals surface area contributed by atoms with Gasteiger partial charge in [0.25, 0.3) is 0 Å². The Morgan fingerprint density at radius 2 is 1.33 bits per heavy atom. The summed E-state index contributed by atoms with van der Waals surface area (Å²) in [5.41, 5.74) is 0. The van der Waals surface area contributed by atoms with Crippen LogP contribution in [-0.4, -0.2) is 35.2 Å². The Hall–Kier alpha value is -0.0800. The van der Waals surface area contributed by atoms with Gasteiger partial charge in [0.05, 0.1) is 6.10 Å². The molecule has 2 atom stereocenters. The van der Waals surface area contributed by atoms with Gasteiger partial charge in [0.2, 0.25) is 0 Å². The van der Waals surface area contributed by atoms with E-state index in [9.17, 15) is 5.11 Å². The minimum atomic E-state index is -0.0434. The molecule has 2 rings (SSSR count). The standard InChI is InChI=1S/C13H25NO/c15-13-9-5-4-8-12(13)14-10-6-2-1-3-7-11-14/h12-13,15H,1-11H2/t12-,13-/m1/s1. The van der Waals surface area contributed by atoms with Crippen molar-refractivity contribution < 1.29 is 5.11 Å². The molecule has 15 heavy (non-hydrogen) atoms. The lowest BCUT2D eigenvalue weighted by molar-refractivity contribution is 0.0163. The molecule has 1 saturated heterocycles. The Labute approximate surface area is 93.7 Å². The normalized spacial score (nSPS) is 35.8. The molecular formula is C13H25NO. The average molecular weight is 211 g/mol. The van der Waals surface area contributed by atoms with Gasteiger partial charge in [0.1, 0.15) is 0 Å². The van der Waals surface area contributed by atoms with Gasteiger partial charge in [0.15, 0.2) is 0 Å². The summed E-state index contributed by atoms with van der Waals surface area (Å²) in [7, 11) is 0. The fourth-order valence-corrected chi connectivity index (χ4v) is 3.12. The van der Waals surface area contributed by atoms with Crippen LogP contribution in [0.1, 0.15) is 57.8 Å². The smallest absolute Gasteiger partial charge is 0.0695 e. The van der Waals surface area contributed by atoms with Crippen molar-refractivity contribution in [2.75, 3.05) is 13.1 Å². The van der Waals surface area contributed by atoms with Crippen LogP contribution in [0.25, 0.3) is 0 Å². The molecule has 88 valence electrons. The van der Waals surface area contributed by atoms with Crippen LogP contribution < -0.4 is 0 Å². The third kappa shape index (κ3) is 3.18. The van der Waals surface area contributed by atoms with Crippen LogP contribution in [0.4, 0.5) is 0 Å². The van der Waals surface area contributed by atoms with Crippen LogP contribution in [0, 0.1) is 0 Å². The topological polar surface area (TPSA) is 23.5 Å². The first-order valence-corrected chi connectivity index (χ1v) is 6.80. The van der Waals surface area contributed by atoms with Crippen molar-refractivity contribution in [3.8, 4) is 0 Å². The molecule has 0 aromatic carbocycles. The number of rotatable bonds is 1. The lowest BCUT2D eigenvalue weighted by Crippen LogP contribution is -2.46. The van der Waals surface area contributed by atoms with Crippen molar-refractivity contribution in [2.24, 2.45) is 0 Å². The Balaban J connectivity index is 1.87. The van der Waals surface area contributed by atoms with Gasteiger partial charge in [-0.25, -0.2) is 0 Å². The molecule has 0 amide bonds. The van der Waals surface area contributed by atoms with Crippen molar-refractivity contribution in [3.63, 3.8) is 0 Å². The van der Waals surface area contributed by atoms with Gasteiger partial charge in [-0.2, -0.15) is 0 Å². The minimum Gasteiger partial charge on any atom is -0.391 e. The molecule has 1 saturated carbocycles. The molecular weight excluding hydrogens is 186 g/mol. The second-order valence-electron chi connectivity index (χ2n) is 5.22. The van der Waals surface area contributed by atoms with Gasteiger partial charge >= 0.3 is 0 Å². The molecule has 2 aliphatic rings. The highest BCUT2D eigenvalue weighted by atomic mass is 16.3. The molecule has 1 N–H and O–H groups in total. The van der Waals surface area contributed by atoms with E-state index in [0.717, 1.165) is 6.42 Å². The lowest BCUT2D eigenvalue weighted by Gasteiger charge is -2.38. The van der Waals surface area contributed by atoms with Crippen molar-refractivity contribution >= 4 is 0 Å². The molecule has 0 unspecified atom stereocenters. The molecule has 0 bridgehead atoms. The Morgan fingerprint density at radius 3 is 2.00 bits per heavy atom. The highest BCUT2D eigenvalue weighted by Crippen LogP contribution is 2.25. The van der Waals surface area contributed by atoms with Crippen LogP contribution in [0.15, 0.2) is 0 Å². The first kappa shape index (κ1) is 11.4. The fraction of sp³-hybridized carbons (Fsp3) is 1.00. The zero-order valence-electron chi connectivity index (χ0n) is 9.83. The summed E-state index contributed by atoms with van der Waals surface area (Å²) in [6, 6.07) is 0.483. The number of hydrogen-bond acceptors (Lipinski definition) is 2. The Morgan fingerprint density at radius 1 is 0.733 bits per heavy atom. The monoisotopic (exact) mass is 211 g/mol. The molecule has 1 heterocycles. The van der Waals surface area contributed by atoms with Gasteiger partial charge in [-0.1, -0.05) is 32.1 Å². The van der Waals surface area contributed by atoms with Crippen molar-refractivity contribution in [3.05, 3.63) is 0 Å². The Bertz CT molecular complexity index is 175. The summed E-state index contributed by atoms with van der Waals surface area (Å²) in [6.45, 7) is 2.45. The molecule has 1 aliphatic carbocycles. The van der Waals surface area contributed by atoms with Crippen molar-refractivity contribution in [1.82, 2.24) is 4.90 Å². The maximum atomic E-state index is 10.0. The number of aliphatic hydroxyl groups is 1. The summed E-state index contributed by atoms with van der Waals surface area (Å²) >= 11 is 0. The number of likely N-dealkylation sites (tertiary alicyclic amines) is 1. The van der Waals surface area contributed by atoms with E-state index in [2.05, 4.69) is 4.90 Å². The average Bonchev–Trinajstić information content (AvgIpc) is 2.19. The second-order valence-corrected chi connectivity index (χ2v) is 5.22. The first-order chi connectivity index (χ1) is 7.38. The maximum absolute atomic E-state index is 10.0. The third-order valence-corrected chi connectivity index (χ3v) is 4.05. The van der Waals surface area contributed by atoms with Crippen molar-refractivity contribution in [2.45, 2.75) is 69.9 Å². The maximum Gasteiger partial charge on any atom is 0.0695 e. The van der Waals surface area contributed by atoms with E-state index < -0.39 is 0 Å². The quantitative estimate of drug-likeness (QED) is 0.720. The van der Waals surface area contributed by atoms with E-state index in [4.69, 9.17) is 0 Å². The van der Waals surface area contributed by atoms with Gasteiger partial charge < -0.3 is 5.11 Å². The van der Waals surface area contributed by atoms with E-state index >= 15 is 0 Å². The van der Waals surface area contributed by atoms with Gasteiger partial charge in [-0.3, -0.25) is 4.90 Å². The zero-order valence-corrected chi connectivity index (χ0v) is 9.83. The molecule has 0 radical (unpaired) electrons. The summed E-state index contributed by atoms with van der Waals surface area (Å²) in [6.07, 6.45) is 11.6. The summed E-state index contributed by atoms with van der Waals surface area (Å²) in [5.74, 6) is 0. The van der Waals surface area contributed by atoms with Gasteiger partial charge in [-0.15, -0.1) is 0 Å². The van der Waals surface area contributed by atoms with Crippen LogP contribution >= 0.6 is 0 Å². The van der Waals surface area contributed by atoms with E-state index in [-0.39, 0.29) is 6.10 Å². The van der Waals surface area contributed by atoms with Gasteiger partial charge in [0, 0.05) is 6.04 Å². The lowest BCUT2D eigenvalue weighted by atomic mass is 9.90. The number of nitrogens with zero attached hydrogens (tertiary/aromatic N) is 1. The summed E-state index contributed by atoms with van der Waals surface area (Å²) in [4.78, 5) is 2.57. The molecule has 0 spiro atoms. The van der Waals surface area contributed by atoms with E-state index in [1.807, 2.05) is 0 Å². The minimum absolute atomic E-state index is 0.0434. The molecule has 0 aromatic heterocycles. The third-order valence-electron chi connectivity index (χ3n) is 4.05. The highest BCUT2D eigenvalue weighted by Gasteiger charge is 2.28. The molecule has 1 aliphatic heterocycles. The van der Waals surface area contributed by atoms with Gasteiger partial charge in [-0.05, 0) is 38.8 Å². The molecule has 2 fully saturated rings. The predicted octanol–water partition coefficient (Wildman–Crippen LogP) is 2.56. The van der Waals surface area contributed by atoms with Crippen LogP contribution in [0.5, 0.6) is 0 Å². The van der Waals surface area contributed by atoms with Crippen molar-refractivity contribution in [1.29, 1.82) is 0 Å². The second kappa shape index (κ2) is 5.86. The SMILES string of the molecule is O[C@@H]1CCCC[C@H]1N1CCCCCCC1. The first-order valence-electron chi connectivity index (χ1n) is 6.80. The fourth-order valence-electron chi connectivity index (χ4n) is 3.12. The molecule has 2 nitrogen and oxygen atoms in total.